The van der Waals surface area contributed by atoms with E-state index in [0.29, 0.717) is 18.5 Å². The van der Waals surface area contributed by atoms with Gasteiger partial charge < -0.3 is 35.4 Å². The van der Waals surface area contributed by atoms with E-state index in [1.54, 1.807) is 11.7 Å². The van der Waals surface area contributed by atoms with Gasteiger partial charge in [-0.2, -0.15) is 0 Å². The van der Waals surface area contributed by atoms with Crippen LogP contribution in [0.3, 0.4) is 0 Å². The first-order valence-corrected chi connectivity index (χ1v) is 19.0. The average molecular weight is 735 g/mol. The first kappa shape index (κ1) is 37.7. The van der Waals surface area contributed by atoms with Crippen molar-refractivity contribution in [2.24, 2.45) is 5.92 Å². The van der Waals surface area contributed by atoms with Crippen LogP contribution in [0.25, 0.3) is 0 Å². The van der Waals surface area contributed by atoms with Crippen molar-refractivity contribution in [3.8, 4) is 0 Å². The van der Waals surface area contributed by atoms with Gasteiger partial charge in [0.25, 0.3) is 0 Å². The molecule has 1 fully saturated rings. The van der Waals surface area contributed by atoms with Crippen molar-refractivity contribution in [1.82, 2.24) is 25.9 Å². The smallest absolute Gasteiger partial charge is 0.408 e. The molecule has 3 amide bonds. The Morgan fingerprint density at radius 3 is 2.16 bits per heavy atom. The maximum atomic E-state index is 13.8. The van der Waals surface area contributed by atoms with E-state index in [4.69, 9.17) is 9.47 Å². The fraction of sp³-hybridized carbons (Fsp3) is 0.432. The van der Waals surface area contributed by atoms with Crippen LogP contribution in [0.2, 0.25) is 0 Å². The number of hydrogen-bond donors (Lipinski definition) is 4. The number of rotatable bonds is 17. The quantitative estimate of drug-likeness (QED) is 0.111. The number of nitrogens with one attached hydrogen (secondary N) is 3. The summed E-state index contributed by atoms with van der Waals surface area (Å²) < 4.78 is 10.9. The number of carbonyl (C=O) groups excluding carboxylic acids is 3. The summed E-state index contributed by atoms with van der Waals surface area (Å²) in [6.07, 6.45) is 2.38. The molecule has 4 N–H and O–H groups in total. The predicted octanol–water partition coefficient (Wildman–Crippen LogP) is 5.47. The molecule has 14 heteroatoms. The van der Waals surface area contributed by atoms with Crippen molar-refractivity contribution < 1.29 is 29.0 Å². The van der Waals surface area contributed by atoms with E-state index in [1.165, 1.54) is 22.7 Å². The van der Waals surface area contributed by atoms with Gasteiger partial charge in [-0.1, -0.05) is 74.5 Å². The van der Waals surface area contributed by atoms with Crippen LogP contribution in [0.15, 0.2) is 77.8 Å². The van der Waals surface area contributed by atoms with Gasteiger partial charge in [0, 0.05) is 30.7 Å². The summed E-state index contributed by atoms with van der Waals surface area (Å²) in [7, 11) is 0. The Hall–Kier alpha value is -4.53. The number of carbonyl (C=O) groups is 3. The Morgan fingerprint density at radius 2 is 1.51 bits per heavy atom. The highest BCUT2D eigenvalue weighted by Gasteiger charge is 2.31. The lowest BCUT2D eigenvalue weighted by Crippen LogP contribution is -2.56. The number of aromatic nitrogens is 2. The lowest BCUT2D eigenvalue weighted by molar-refractivity contribution is -0.125. The van der Waals surface area contributed by atoms with Crippen LogP contribution < -0.4 is 20.9 Å². The Bertz CT molecular complexity index is 1650. The Labute approximate surface area is 306 Å². The van der Waals surface area contributed by atoms with Crippen LogP contribution in [0.4, 0.5) is 14.7 Å². The minimum atomic E-state index is -1.07. The van der Waals surface area contributed by atoms with E-state index >= 15 is 0 Å². The van der Waals surface area contributed by atoms with Gasteiger partial charge in [-0.05, 0) is 49.1 Å². The van der Waals surface area contributed by atoms with E-state index in [9.17, 15) is 19.5 Å². The molecule has 4 aromatic rings. The van der Waals surface area contributed by atoms with Crippen LogP contribution in [0, 0.1) is 5.92 Å². The van der Waals surface area contributed by atoms with Gasteiger partial charge in [0.1, 0.15) is 19.3 Å². The largest absolute Gasteiger partial charge is 0.444 e. The molecule has 0 radical (unpaired) electrons. The lowest BCUT2D eigenvalue weighted by atomic mass is 9.93. The highest BCUT2D eigenvalue weighted by Crippen LogP contribution is 2.24. The number of thiazole rings is 2. The molecule has 3 heterocycles. The van der Waals surface area contributed by atoms with E-state index in [2.05, 4.69) is 30.8 Å². The number of alkyl carbamates (subject to hydrolysis) is 2. The minimum Gasteiger partial charge on any atom is -0.444 e. The molecule has 1 aliphatic heterocycles. The minimum absolute atomic E-state index is 0.0135. The zero-order chi connectivity index (χ0) is 36.0. The normalized spacial score (nSPS) is 15.1. The second kappa shape index (κ2) is 19.2. The molecular weight excluding hydrogens is 689 g/mol. The second-order valence-corrected chi connectivity index (χ2v) is 14.7. The average Bonchev–Trinajstić information content (AvgIpc) is 3.93. The van der Waals surface area contributed by atoms with E-state index < -0.39 is 42.3 Å². The summed E-state index contributed by atoms with van der Waals surface area (Å²) in [6, 6.07) is 17.0. The molecular formula is C37H46N6O6S2. The van der Waals surface area contributed by atoms with Gasteiger partial charge >= 0.3 is 12.2 Å². The molecule has 51 heavy (non-hydrogen) atoms. The third kappa shape index (κ3) is 12.0. The van der Waals surface area contributed by atoms with Crippen LogP contribution in [0.1, 0.15) is 54.8 Å². The highest BCUT2D eigenvalue weighted by molar-refractivity contribution is 7.13. The van der Waals surface area contributed by atoms with Gasteiger partial charge in [-0.3, -0.25) is 9.78 Å². The van der Waals surface area contributed by atoms with Gasteiger partial charge in [0.2, 0.25) is 5.91 Å². The molecule has 4 atom stereocenters. The number of aliphatic hydroxyl groups is 1. The standard InChI is InChI=1S/C37H46N6O6S2/c1-25(2)33(42-37(47)48-21-29-23-50-35(39-29)43-15-9-10-16-43)34(45)41-31(18-27-13-7-4-8-14-27)32(44)19-28(17-26-11-5-3-6-12-26)40-36(46)49-22-30-20-38-24-51-30/h3-8,11-14,20,23-25,28,31-33,44H,9-10,15-19,21-22H2,1-2H3,(H,40,46)(H,41,45)(H,42,47)/t28-,31-,32-,33-/m0/s1. The molecule has 2 aromatic carbocycles. The topological polar surface area (TPSA) is 155 Å². The Kier molecular flexibility index (Phi) is 14.2. The van der Waals surface area contributed by atoms with Crippen LogP contribution in [-0.4, -0.2) is 70.5 Å². The molecule has 0 bridgehead atoms. The number of hydrogen-bond acceptors (Lipinski definition) is 11. The summed E-state index contributed by atoms with van der Waals surface area (Å²) in [4.78, 5) is 51.2. The molecule has 0 unspecified atom stereocenters. The van der Waals surface area contributed by atoms with Crippen molar-refractivity contribution in [3.05, 3.63) is 99.4 Å². The fourth-order valence-corrected chi connectivity index (χ4v) is 7.26. The number of benzene rings is 2. The Morgan fingerprint density at radius 1 is 0.863 bits per heavy atom. The van der Waals surface area contributed by atoms with Crippen LogP contribution in [0.5, 0.6) is 0 Å². The molecule has 5 rings (SSSR count). The zero-order valence-corrected chi connectivity index (χ0v) is 30.5. The molecule has 272 valence electrons. The van der Waals surface area contributed by atoms with E-state index in [-0.39, 0.29) is 25.6 Å². The lowest BCUT2D eigenvalue weighted by Gasteiger charge is -2.30. The number of ether oxygens (including phenoxy) is 2. The molecule has 12 nitrogen and oxygen atoms in total. The van der Waals surface area contributed by atoms with Crippen molar-refractivity contribution in [1.29, 1.82) is 0 Å². The first-order chi connectivity index (χ1) is 24.7. The van der Waals surface area contributed by atoms with Gasteiger partial charge in [0.15, 0.2) is 5.13 Å². The SMILES string of the molecule is CC(C)[C@H](NC(=O)OCc1csc(N2CCCC2)n1)C(=O)N[C@@H](Cc1ccccc1)[C@@H](O)C[C@H](Cc1ccccc1)NC(=O)OCc1cncs1. The van der Waals surface area contributed by atoms with Crippen molar-refractivity contribution in [2.45, 2.75) is 83.4 Å². The third-order valence-corrected chi connectivity index (χ3v) is 10.3. The summed E-state index contributed by atoms with van der Waals surface area (Å²) in [5, 5.41) is 23.1. The highest BCUT2D eigenvalue weighted by atomic mass is 32.1. The van der Waals surface area contributed by atoms with Crippen LogP contribution in [-0.2, 0) is 40.3 Å². The van der Waals surface area contributed by atoms with E-state index in [1.807, 2.05) is 79.9 Å². The summed E-state index contributed by atoms with van der Waals surface area (Å²) in [5.74, 6) is -0.739. The van der Waals surface area contributed by atoms with Crippen molar-refractivity contribution >= 4 is 45.9 Å². The molecule has 1 aliphatic rings. The maximum Gasteiger partial charge on any atom is 0.408 e. The Balaban J connectivity index is 1.23. The molecule has 1 saturated heterocycles. The number of anilines is 1. The summed E-state index contributed by atoms with van der Waals surface area (Å²) in [6.45, 7) is 5.68. The fourth-order valence-electron chi connectivity index (χ4n) is 5.89. The van der Waals surface area contributed by atoms with Gasteiger partial charge in [0.05, 0.1) is 28.2 Å². The molecule has 0 spiro atoms. The maximum absolute atomic E-state index is 13.8. The monoisotopic (exact) mass is 734 g/mol. The van der Waals surface area contributed by atoms with Gasteiger partial charge in [-0.25, -0.2) is 14.6 Å². The predicted molar refractivity (Wildman–Crippen MR) is 198 cm³/mol. The summed E-state index contributed by atoms with van der Waals surface area (Å²) >= 11 is 2.91. The second-order valence-electron chi connectivity index (χ2n) is 12.9. The third-order valence-electron chi connectivity index (χ3n) is 8.58. The van der Waals surface area contributed by atoms with E-state index in [0.717, 1.165) is 47.1 Å². The molecule has 0 aliphatic carbocycles. The van der Waals surface area contributed by atoms with Gasteiger partial charge in [-0.15, -0.1) is 22.7 Å². The zero-order valence-electron chi connectivity index (χ0n) is 28.9. The molecule has 2 aromatic heterocycles. The summed E-state index contributed by atoms with van der Waals surface area (Å²) in [5.41, 5.74) is 4.19. The number of nitrogens with zero attached hydrogens (tertiary/aromatic N) is 3. The molecule has 0 saturated carbocycles. The van der Waals surface area contributed by atoms with Crippen molar-refractivity contribution in [2.75, 3.05) is 18.0 Å². The number of aliphatic hydroxyl groups excluding tert-OH is 1. The first-order valence-electron chi connectivity index (χ1n) is 17.2. The van der Waals surface area contributed by atoms with Crippen molar-refractivity contribution in [3.63, 3.8) is 0 Å². The van der Waals surface area contributed by atoms with Crippen LogP contribution >= 0.6 is 22.7 Å². The number of amides is 3.